The third kappa shape index (κ3) is 3.71. The van der Waals surface area contributed by atoms with Gasteiger partial charge >= 0.3 is 0 Å². The van der Waals surface area contributed by atoms with Crippen LogP contribution in [0.4, 0.5) is 0 Å². The van der Waals surface area contributed by atoms with Crippen LogP contribution in [-0.2, 0) is 21.1 Å². The molecule has 0 aliphatic rings. The van der Waals surface area contributed by atoms with E-state index in [1.165, 1.54) is 6.26 Å². The minimum atomic E-state index is -3.25. The molecule has 4 rings (SSSR count). The average Bonchev–Trinajstić information content (AvgIpc) is 3.15. The maximum absolute atomic E-state index is 13.0. The Bertz CT molecular complexity index is 1340. The van der Waals surface area contributed by atoms with E-state index in [1.807, 2.05) is 43.3 Å². The summed E-state index contributed by atoms with van der Waals surface area (Å²) in [7, 11) is -1.48. The summed E-state index contributed by atoms with van der Waals surface area (Å²) in [4.78, 5) is 15.0. The summed E-state index contributed by atoms with van der Waals surface area (Å²) in [6, 6.07) is 18.5. The molecule has 1 heterocycles. The van der Waals surface area contributed by atoms with E-state index in [1.54, 1.807) is 42.5 Å². The van der Waals surface area contributed by atoms with Crippen LogP contribution < -0.4 is 0 Å². The van der Waals surface area contributed by atoms with Crippen LogP contribution in [0, 0.1) is 0 Å². The van der Waals surface area contributed by atoms with E-state index in [0.717, 1.165) is 32.9 Å². The molecular formula is C24H23NO4S. The molecule has 0 N–H and O–H groups in total. The zero-order chi connectivity index (χ0) is 21.5. The lowest BCUT2D eigenvalue weighted by molar-refractivity contribution is -0.131. The van der Waals surface area contributed by atoms with Crippen LogP contribution in [0.15, 0.2) is 76.2 Å². The van der Waals surface area contributed by atoms with Crippen LogP contribution in [0.1, 0.15) is 24.1 Å². The van der Waals surface area contributed by atoms with Gasteiger partial charge in [-0.2, -0.15) is 0 Å². The molecule has 0 radical (unpaired) electrons. The van der Waals surface area contributed by atoms with Crippen molar-refractivity contribution < 1.29 is 17.6 Å². The molecule has 1 aromatic heterocycles. The highest BCUT2D eigenvalue weighted by molar-refractivity contribution is 7.90. The Hall–Kier alpha value is -3.12. The summed E-state index contributed by atoms with van der Waals surface area (Å²) in [5.41, 5.74) is 2.50. The Morgan fingerprint density at radius 1 is 1.03 bits per heavy atom. The van der Waals surface area contributed by atoms with Gasteiger partial charge < -0.3 is 9.32 Å². The number of sulfone groups is 1. The first-order valence-electron chi connectivity index (χ1n) is 9.69. The molecule has 1 unspecified atom stereocenters. The van der Waals surface area contributed by atoms with Crippen molar-refractivity contribution in [2.24, 2.45) is 0 Å². The summed E-state index contributed by atoms with van der Waals surface area (Å²) in [5.74, 6) is -0.0367. The zero-order valence-corrected chi connectivity index (χ0v) is 17.9. The minimum Gasteiger partial charge on any atom is -0.464 e. The van der Waals surface area contributed by atoms with Crippen LogP contribution in [0.5, 0.6) is 0 Å². The summed E-state index contributed by atoms with van der Waals surface area (Å²) in [6.45, 7) is 1.93. The molecule has 5 nitrogen and oxygen atoms in total. The number of fused-ring (bicyclic) bond motifs is 3. The van der Waals surface area contributed by atoms with Crippen molar-refractivity contribution in [3.63, 3.8) is 0 Å². The third-order valence-electron chi connectivity index (χ3n) is 5.65. The van der Waals surface area contributed by atoms with E-state index in [0.29, 0.717) is 0 Å². The molecule has 1 amide bonds. The first-order valence-corrected chi connectivity index (χ1v) is 11.6. The predicted molar refractivity (Wildman–Crippen MR) is 118 cm³/mol. The molecule has 0 bridgehead atoms. The number of furan rings is 1. The largest absolute Gasteiger partial charge is 0.464 e. The van der Waals surface area contributed by atoms with Gasteiger partial charge in [0.25, 0.3) is 0 Å². The minimum absolute atomic E-state index is 0.0367. The molecule has 0 saturated heterocycles. The van der Waals surface area contributed by atoms with E-state index in [4.69, 9.17) is 4.42 Å². The van der Waals surface area contributed by atoms with Crippen molar-refractivity contribution in [1.82, 2.24) is 4.90 Å². The third-order valence-corrected chi connectivity index (χ3v) is 6.78. The molecule has 0 spiro atoms. The second-order valence-electron chi connectivity index (χ2n) is 7.62. The number of rotatable bonds is 5. The van der Waals surface area contributed by atoms with E-state index < -0.39 is 9.84 Å². The first kappa shape index (κ1) is 20.2. The Balaban J connectivity index is 1.58. The van der Waals surface area contributed by atoms with Gasteiger partial charge in [-0.05, 0) is 41.5 Å². The molecule has 4 aromatic rings. The van der Waals surface area contributed by atoms with Crippen molar-refractivity contribution in [3.05, 3.63) is 78.1 Å². The van der Waals surface area contributed by atoms with Crippen molar-refractivity contribution in [3.8, 4) is 0 Å². The van der Waals surface area contributed by atoms with Gasteiger partial charge in [0.05, 0.1) is 23.6 Å². The van der Waals surface area contributed by atoms with E-state index >= 15 is 0 Å². The van der Waals surface area contributed by atoms with Crippen molar-refractivity contribution in [1.29, 1.82) is 0 Å². The zero-order valence-electron chi connectivity index (χ0n) is 17.1. The monoisotopic (exact) mass is 421 g/mol. The Labute approximate surface area is 175 Å². The Morgan fingerprint density at radius 2 is 1.73 bits per heavy atom. The summed E-state index contributed by atoms with van der Waals surface area (Å²) >= 11 is 0. The first-order chi connectivity index (χ1) is 14.3. The number of likely N-dealkylation sites (N-methyl/N-ethyl adjacent to an activating group) is 1. The molecule has 1 atom stereocenters. The Morgan fingerprint density at radius 3 is 2.43 bits per heavy atom. The molecule has 6 heteroatoms. The van der Waals surface area contributed by atoms with Gasteiger partial charge in [0.1, 0.15) is 5.58 Å². The number of nitrogens with zero attached hydrogens (tertiary/aromatic N) is 1. The second-order valence-corrected chi connectivity index (χ2v) is 9.64. The smallest absolute Gasteiger partial charge is 0.227 e. The van der Waals surface area contributed by atoms with E-state index in [-0.39, 0.29) is 23.3 Å². The number of benzene rings is 3. The van der Waals surface area contributed by atoms with Gasteiger partial charge in [-0.25, -0.2) is 8.42 Å². The molecule has 154 valence electrons. The van der Waals surface area contributed by atoms with Crippen molar-refractivity contribution in [2.45, 2.75) is 24.3 Å². The SMILES string of the molecule is CC(c1ccc(S(C)(=O)=O)cc1)N(C)C(=O)Cc1coc2ccc3ccccc3c12. The van der Waals surface area contributed by atoms with Gasteiger partial charge in [0, 0.05) is 24.3 Å². The van der Waals surface area contributed by atoms with Crippen LogP contribution >= 0.6 is 0 Å². The van der Waals surface area contributed by atoms with E-state index in [9.17, 15) is 13.2 Å². The van der Waals surface area contributed by atoms with E-state index in [2.05, 4.69) is 0 Å². The maximum atomic E-state index is 13.0. The standard InChI is InChI=1S/C24H23NO4S/c1-16(17-8-11-20(12-9-17)30(3,27)28)25(2)23(26)14-19-15-29-22-13-10-18-6-4-5-7-21(18)24(19)22/h4-13,15-16H,14H2,1-3H3. The molecule has 0 saturated carbocycles. The molecular weight excluding hydrogens is 398 g/mol. The normalized spacial score (nSPS) is 12.9. The number of amides is 1. The van der Waals surface area contributed by atoms with Gasteiger partial charge in [-0.3, -0.25) is 4.79 Å². The molecule has 3 aromatic carbocycles. The molecule has 0 aliphatic carbocycles. The lowest BCUT2D eigenvalue weighted by Crippen LogP contribution is -2.30. The van der Waals surface area contributed by atoms with Crippen LogP contribution in [0.25, 0.3) is 21.7 Å². The van der Waals surface area contributed by atoms with Crippen LogP contribution in [0.2, 0.25) is 0 Å². The van der Waals surface area contributed by atoms with Gasteiger partial charge in [0.2, 0.25) is 5.91 Å². The van der Waals surface area contributed by atoms with Crippen molar-refractivity contribution in [2.75, 3.05) is 13.3 Å². The number of hydrogen-bond donors (Lipinski definition) is 0. The maximum Gasteiger partial charge on any atom is 0.227 e. The fraction of sp³-hybridized carbons (Fsp3) is 0.208. The lowest BCUT2D eigenvalue weighted by atomic mass is 10.0. The second kappa shape index (κ2) is 7.61. The highest BCUT2D eigenvalue weighted by atomic mass is 32.2. The predicted octanol–water partition coefficient (Wildman–Crippen LogP) is 4.75. The fourth-order valence-corrected chi connectivity index (χ4v) is 4.36. The highest BCUT2D eigenvalue weighted by Gasteiger charge is 2.21. The number of carbonyl (C=O) groups excluding carboxylic acids is 1. The number of carbonyl (C=O) groups is 1. The van der Waals surface area contributed by atoms with Gasteiger partial charge in [-0.1, -0.05) is 42.5 Å². The molecule has 30 heavy (non-hydrogen) atoms. The highest BCUT2D eigenvalue weighted by Crippen LogP contribution is 2.31. The molecule has 0 aliphatic heterocycles. The van der Waals surface area contributed by atoms with Gasteiger partial charge in [-0.15, -0.1) is 0 Å². The summed E-state index contributed by atoms with van der Waals surface area (Å²) in [5, 5.41) is 3.14. The fourth-order valence-electron chi connectivity index (χ4n) is 3.73. The topological polar surface area (TPSA) is 67.6 Å². The van der Waals surface area contributed by atoms with Crippen LogP contribution in [0.3, 0.4) is 0 Å². The quantitative estimate of drug-likeness (QED) is 0.466. The summed E-state index contributed by atoms with van der Waals surface area (Å²) in [6.07, 6.45) is 3.07. The van der Waals surface area contributed by atoms with Crippen LogP contribution in [-0.4, -0.2) is 32.5 Å². The van der Waals surface area contributed by atoms with Crippen molar-refractivity contribution >= 4 is 37.5 Å². The average molecular weight is 422 g/mol. The Kier molecular flexibility index (Phi) is 5.12. The summed E-state index contributed by atoms with van der Waals surface area (Å²) < 4.78 is 29.0. The molecule has 0 fully saturated rings. The van der Waals surface area contributed by atoms with Gasteiger partial charge in [0.15, 0.2) is 9.84 Å². The lowest BCUT2D eigenvalue weighted by Gasteiger charge is -2.25. The number of hydrogen-bond acceptors (Lipinski definition) is 4.